The van der Waals surface area contributed by atoms with Crippen molar-refractivity contribution in [2.75, 3.05) is 13.7 Å². The van der Waals surface area contributed by atoms with Gasteiger partial charge in [-0.3, -0.25) is 24.2 Å². The van der Waals surface area contributed by atoms with Gasteiger partial charge < -0.3 is 19.3 Å². The van der Waals surface area contributed by atoms with Gasteiger partial charge in [-0.15, -0.1) is 0 Å². The summed E-state index contributed by atoms with van der Waals surface area (Å²) in [7, 11) is 1.47. The van der Waals surface area contributed by atoms with Crippen molar-refractivity contribution in [3.05, 3.63) is 41.5 Å². The van der Waals surface area contributed by atoms with Crippen molar-refractivity contribution in [3.63, 3.8) is 0 Å². The largest absolute Gasteiger partial charge is 0.458 e. The average Bonchev–Trinajstić information content (AvgIpc) is 3.16. The number of allylic oxidation sites excluding steroid dienone is 1. The van der Waals surface area contributed by atoms with E-state index in [1.807, 2.05) is 13.0 Å². The van der Waals surface area contributed by atoms with Crippen molar-refractivity contribution < 1.29 is 38.5 Å². The fraction of sp³-hybridized carbons (Fsp3) is 0.552. The maximum absolute atomic E-state index is 14.0. The molecular formula is C29H33NO8. The molecule has 0 spiro atoms. The Morgan fingerprint density at radius 1 is 1.18 bits per heavy atom. The number of carbonyl (C=O) groups is 4. The molecule has 0 bridgehead atoms. The Hall–Kier alpha value is -3.17. The second-order valence-corrected chi connectivity index (χ2v) is 11.3. The minimum absolute atomic E-state index is 0.0170. The zero-order valence-electron chi connectivity index (χ0n) is 22.0. The number of aliphatic hydroxyl groups excluding tert-OH is 1. The normalized spacial score (nSPS) is 38.5. The molecule has 1 aliphatic heterocycles. The molecule has 2 unspecified atom stereocenters. The summed E-state index contributed by atoms with van der Waals surface area (Å²) >= 11 is 0. The molecule has 4 aliphatic rings. The SMILES string of the molecule is COC[C@H]1OC(=O)C(C=Nc2ccccc2)C2C(=O)C(=O)C3=C([C@H](OC(C)=O)C[C@]4(C)[C@@H](O)CC[C@@H]34)[C@]21C. The van der Waals surface area contributed by atoms with Gasteiger partial charge in [-0.1, -0.05) is 32.0 Å². The van der Waals surface area contributed by atoms with Gasteiger partial charge in [0.25, 0.3) is 0 Å². The number of hydrogen-bond donors (Lipinski definition) is 1. The first-order chi connectivity index (χ1) is 18.0. The predicted octanol–water partition coefficient (Wildman–Crippen LogP) is 2.76. The van der Waals surface area contributed by atoms with Crippen LogP contribution in [0.1, 0.15) is 40.0 Å². The van der Waals surface area contributed by atoms with E-state index in [9.17, 15) is 24.3 Å². The van der Waals surface area contributed by atoms with E-state index in [1.165, 1.54) is 20.2 Å². The number of ether oxygens (including phenoxy) is 3. The van der Waals surface area contributed by atoms with Crippen LogP contribution in [0.15, 0.2) is 46.5 Å². The number of hydrogen-bond acceptors (Lipinski definition) is 9. The number of methoxy groups -OCH3 is 1. The molecule has 1 saturated heterocycles. The summed E-state index contributed by atoms with van der Waals surface area (Å²) in [4.78, 5) is 57.9. The monoisotopic (exact) mass is 523 g/mol. The molecule has 38 heavy (non-hydrogen) atoms. The van der Waals surface area contributed by atoms with E-state index in [4.69, 9.17) is 14.2 Å². The number of Topliss-reactive ketones (excluding diaryl/α,β-unsaturated/α-hetero) is 2. The molecule has 0 aromatic heterocycles. The quantitative estimate of drug-likeness (QED) is 0.354. The molecule has 3 aliphatic carbocycles. The summed E-state index contributed by atoms with van der Waals surface area (Å²) in [6, 6.07) is 8.96. The molecule has 9 nitrogen and oxygen atoms in total. The smallest absolute Gasteiger partial charge is 0.315 e. The third-order valence-corrected chi connectivity index (χ3v) is 9.17. The number of fused-ring (bicyclic) bond motifs is 4. The van der Waals surface area contributed by atoms with Crippen LogP contribution in [-0.2, 0) is 33.4 Å². The highest BCUT2D eigenvalue weighted by atomic mass is 16.6. The number of carbonyl (C=O) groups excluding carboxylic acids is 4. The maximum atomic E-state index is 14.0. The van der Waals surface area contributed by atoms with Crippen LogP contribution < -0.4 is 0 Å². The van der Waals surface area contributed by atoms with Crippen LogP contribution in [-0.4, -0.2) is 66.9 Å². The van der Waals surface area contributed by atoms with E-state index >= 15 is 0 Å². The Morgan fingerprint density at radius 3 is 2.55 bits per heavy atom. The summed E-state index contributed by atoms with van der Waals surface area (Å²) in [5, 5.41) is 10.9. The van der Waals surface area contributed by atoms with Crippen molar-refractivity contribution >= 4 is 35.4 Å². The number of cyclic esters (lactones) is 1. The average molecular weight is 524 g/mol. The van der Waals surface area contributed by atoms with Gasteiger partial charge in [-0.2, -0.15) is 0 Å². The van der Waals surface area contributed by atoms with Crippen LogP contribution in [0.25, 0.3) is 0 Å². The molecule has 9 heteroatoms. The van der Waals surface area contributed by atoms with Gasteiger partial charge in [-0.05, 0) is 42.9 Å². The van der Waals surface area contributed by atoms with Crippen LogP contribution in [0, 0.1) is 28.6 Å². The molecule has 8 atom stereocenters. The van der Waals surface area contributed by atoms with Crippen molar-refractivity contribution in [1.29, 1.82) is 0 Å². The molecule has 0 radical (unpaired) electrons. The standard InChI is InChI=1S/C29H33NO8/c1-15(31)37-19-12-28(2)18(10-11-20(28)32)22-24(19)29(3)21(14-36-4)38-27(35)17(23(29)26(34)25(22)33)13-30-16-8-6-5-7-9-16/h5-9,13,17-21,23,32H,10-12,14H2,1-4H3/t17?,18-,19+,20-,21+,23?,28-,29-/m0/s1. The van der Waals surface area contributed by atoms with E-state index in [-0.39, 0.29) is 18.9 Å². The number of rotatable bonds is 5. The summed E-state index contributed by atoms with van der Waals surface area (Å²) in [6.07, 6.45) is 0.181. The van der Waals surface area contributed by atoms with Crippen LogP contribution in [0.3, 0.4) is 0 Å². The van der Waals surface area contributed by atoms with Crippen LogP contribution in [0.5, 0.6) is 0 Å². The molecule has 202 valence electrons. The second kappa shape index (κ2) is 9.54. The maximum Gasteiger partial charge on any atom is 0.315 e. The van der Waals surface area contributed by atoms with Crippen molar-refractivity contribution in [2.45, 2.75) is 58.3 Å². The molecule has 1 N–H and O–H groups in total. The van der Waals surface area contributed by atoms with Gasteiger partial charge in [-0.25, -0.2) is 0 Å². The van der Waals surface area contributed by atoms with E-state index < -0.39 is 64.5 Å². The minimum atomic E-state index is -1.20. The summed E-state index contributed by atoms with van der Waals surface area (Å²) < 4.78 is 17.1. The predicted molar refractivity (Wildman–Crippen MR) is 135 cm³/mol. The molecule has 5 rings (SSSR count). The van der Waals surface area contributed by atoms with Crippen molar-refractivity contribution in [2.24, 2.45) is 33.6 Å². The van der Waals surface area contributed by atoms with Gasteiger partial charge in [0, 0.05) is 36.7 Å². The summed E-state index contributed by atoms with van der Waals surface area (Å²) in [6.45, 7) is 4.95. The molecule has 2 fully saturated rings. The zero-order valence-corrected chi connectivity index (χ0v) is 22.0. The third-order valence-electron chi connectivity index (χ3n) is 9.17. The van der Waals surface area contributed by atoms with Crippen LogP contribution >= 0.6 is 0 Å². The number of para-hydroxylation sites is 1. The first-order valence-electron chi connectivity index (χ1n) is 13.0. The van der Waals surface area contributed by atoms with Gasteiger partial charge >= 0.3 is 11.9 Å². The highest BCUT2D eigenvalue weighted by Crippen LogP contribution is 2.63. The number of nitrogens with zero attached hydrogens (tertiary/aromatic N) is 1. The molecule has 1 aromatic rings. The Bertz CT molecular complexity index is 1240. The van der Waals surface area contributed by atoms with E-state index in [0.717, 1.165) is 0 Å². The van der Waals surface area contributed by atoms with E-state index in [1.54, 1.807) is 31.2 Å². The highest BCUT2D eigenvalue weighted by molar-refractivity contribution is 6.46. The van der Waals surface area contributed by atoms with E-state index in [2.05, 4.69) is 4.99 Å². The van der Waals surface area contributed by atoms with Crippen LogP contribution in [0.2, 0.25) is 0 Å². The third kappa shape index (κ3) is 3.86. The number of ketones is 2. The molecule has 1 saturated carbocycles. The summed E-state index contributed by atoms with van der Waals surface area (Å²) in [5.41, 5.74) is -0.558. The summed E-state index contributed by atoms with van der Waals surface area (Å²) in [5.74, 6) is -5.21. The number of benzene rings is 1. The fourth-order valence-electron chi connectivity index (χ4n) is 7.34. The Kier molecular flexibility index (Phi) is 6.64. The highest BCUT2D eigenvalue weighted by Gasteiger charge is 2.68. The van der Waals surface area contributed by atoms with Crippen molar-refractivity contribution in [1.82, 2.24) is 0 Å². The first-order valence-corrected chi connectivity index (χ1v) is 13.0. The van der Waals surface area contributed by atoms with Gasteiger partial charge in [0.1, 0.15) is 18.1 Å². The molecular weight excluding hydrogens is 490 g/mol. The second-order valence-electron chi connectivity index (χ2n) is 11.3. The lowest BCUT2D eigenvalue weighted by Crippen LogP contribution is -2.65. The van der Waals surface area contributed by atoms with Gasteiger partial charge in [0.05, 0.1) is 24.3 Å². The lowest BCUT2D eigenvalue weighted by molar-refractivity contribution is -0.188. The molecule has 0 amide bonds. The fourth-order valence-corrected chi connectivity index (χ4v) is 7.34. The molecule has 1 heterocycles. The Labute approximate surface area is 221 Å². The Balaban J connectivity index is 1.71. The minimum Gasteiger partial charge on any atom is -0.458 e. The lowest BCUT2D eigenvalue weighted by Gasteiger charge is -2.56. The van der Waals surface area contributed by atoms with Crippen LogP contribution in [0.4, 0.5) is 5.69 Å². The van der Waals surface area contributed by atoms with Gasteiger partial charge in [0.15, 0.2) is 0 Å². The molecule has 1 aromatic carbocycles. The first kappa shape index (κ1) is 26.4. The lowest BCUT2D eigenvalue weighted by atomic mass is 9.49. The number of aliphatic imine (C=N–C) groups is 1. The van der Waals surface area contributed by atoms with E-state index in [0.29, 0.717) is 29.7 Å². The number of esters is 2. The number of aliphatic hydroxyl groups is 1. The van der Waals surface area contributed by atoms with Gasteiger partial charge in [0.2, 0.25) is 11.6 Å². The zero-order chi connectivity index (χ0) is 27.4. The van der Waals surface area contributed by atoms with Crippen molar-refractivity contribution in [3.8, 4) is 0 Å². The topological polar surface area (TPSA) is 129 Å². The Morgan fingerprint density at radius 2 is 1.89 bits per heavy atom.